The van der Waals surface area contributed by atoms with E-state index in [2.05, 4.69) is 79.5 Å². The first kappa shape index (κ1) is 22.6. The number of benzene rings is 2. The van der Waals surface area contributed by atoms with Gasteiger partial charge in [-0.05, 0) is 74.6 Å². The van der Waals surface area contributed by atoms with Crippen LogP contribution in [0.1, 0.15) is 36.6 Å². The van der Waals surface area contributed by atoms with Gasteiger partial charge < -0.3 is 24.6 Å². The van der Waals surface area contributed by atoms with Crippen molar-refractivity contribution in [3.05, 3.63) is 59.2 Å². The summed E-state index contributed by atoms with van der Waals surface area (Å²) in [5.41, 5.74) is 3.95. The minimum atomic E-state index is 0.191. The van der Waals surface area contributed by atoms with Crippen molar-refractivity contribution in [3.8, 4) is 11.5 Å². The molecule has 0 saturated heterocycles. The third kappa shape index (κ3) is 6.21. The molecule has 0 saturated carbocycles. The standard InChI is InChI=1S/C25H37N3O2/c1-5-28(6-2)15-17-30-23-10-11-24-20(18-23)12-13-26-25(24)21-8-7-9-22(19-21)29-16-14-27(3)4/h7-11,18-19,25-26H,5-6,12-17H2,1-4H3. The summed E-state index contributed by atoms with van der Waals surface area (Å²) in [6.45, 7) is 10.8. The fourth-order valence-electron chi connectivity index (χ4n) is 3.89. The third-order valence-corrected chi connectivity index (χ3v) is 5.74. The maximum atomic E-state index is 6.04. The second-order valence-electron chi connectivity index (χ2n) is 8.10. The molecule has 1 N–H and O–H groups in total. The van der Waals surface area contributed by atoms with Crippen LogP contribution in [0.2, 0.25) is 0 Å². The molecule has 0 radical (unpaired) electrons. The minimum Gasteiger partial charge on any atom is -0.492 e. The zero-order valence-corrected chi connectivity index (χ0v) is 19.0. The van der Waals surface area contributed by atoms with Gasteiger partial charge in [0, 0.05) is 19.6 Å². The monoisotopic (exact) mass is 411 g/mol. The van der Waals surface area contributed by atoms with Crippen LogP contribution in [0.5, 0.6) is 11.5 Å². The quantitative estimate of drug-likeness (QED) is 0.612. The Balaban J connectivity index is 1.67. The van der Waals surface area contributed by atoms with Gasteiger partial charge in [0.2, 0.25) is 0 Å². The summed E-state index contributed by atoms with van der Waals surface area (Å²) in [5.74, 6) is 1.90. The molecule has 1 atom stereocenters. The van der Waals surface area contributed by atoms with Crippen molar-refractivity contribution < 1.29 is 9.47 Å². The van der Waals surface area contributed by atoms with Gasteiger partial charge in [-0.2, -0.15) is 0 Å². The maximum Gasteiger partial charge on any atom is 0.119 e. The van der Waals surface area contributed by atoms with Crippen molar-refractivity contribution in [2.75, 3.05) is 60.0 Å². The van der Waals surface area contributed by atoms with Gasteiger partial charge in [0.15, 0.2) is 0 Å². The molecule has 164 valence electrons. The van der Waals surface area contributed by atoms with Crippen LogP contribution in [0.25, 0.3) is 0 Å². The third-order valence-electron chi connectivity index (χ3n) is 5.74. The predicted octanol–water partition coefficient (Wildman–Crippen LogP) is 3.58. The Labute approximate surface area is 182 Å². The molecular weight excluding hydrogens is 374 g/mol. The highest BCUT2D eigenvalue weighted by Gasteiger charge is 2.22. The fraction of sp³-hybridized carbons (Fsp3) is 0.520. The Hall–Kier alpha value is -2.08. The minimum absolute atomic E-state index is 0.191. The summed E-state index contributed by atoms with van der Waals surface area (Å²) >= 11 is 0. The van der Waals surface area contributed by atoms with Crippen molar-refractivity contribution >= 4 is 0 Å². The van der Waals surface area contributed by atoms with Crippen LogP contribution >= 0.6 is 0 Å². The molecule has 0 bridgehead atoms. The number of nitrogens with zero attached hydrogens (tertiary/aromatic N) is 2. The molecule has 0 amide bonds. The average Bonchev–Trinajstić information content (AvgIpc) is 2.76. The molecule has 2 aromatic rings. The molecule has 0 fully saturated rings. The van der Waals surface area contributed by atoms with Crippen LogP contribution in [-0.2, 0) is 6.42 Å². The number of likely N-dealkylation sites (N-methyl/N-ethyl adjacent to an activating group) is 2. The largest absolute Gasteiger partial charge is 0.492 e. The highest BCUT2D eigenvalue weighted by Crippen LogP contribution is 2.32. The predicted molar refractivity (Wildman–Crippen MR) is 124 cm³/mol. The molecule has 1 aliphatic rings. The lowest BCUT2D eigenvalue weighted by molar-refractivity contribution is 0.222. The molecule has 30 heavy (non-hydrogen) atoms. The molecule has 3 rings (SSSR count). The normalized spacial score (nSPS) is 16.0. The van der Waals surface area contributed by atoms with Crippen LogP contribution in [0.15, 0.2) is 42.5 Å². The summed E-state index contributed by atoms with van der Waals surface area (Å²) in [4.78, 5) is 4.51. The van der Waals surface area contributed by atoms with E-state index in [0.717, 1.165) is 57.3 Å². The van der Waals surface area contributed by atoms with E-state index < -0.39 is 0 Å². The number of hydrogen-bond donors (Lipinski definition) is 1. The van der Waals surface area contributed by atoms with Crippen molar-refractivity contribution in [2.45, 2.75) is 26.3 Å². The van der Waals surface area contributed by atoms with Gasteiger partial charge in [-0.3, -0.25) is 0 Å². The lowest BCUT2D eigenvalue weighted by atomic mass is 9.89. The second kappa shape index (κ2) is 11.3. The first-order valence-electron chi connectivity index (χ1n) is 11.2. The van der Waals surface area contributed by atoms with E-state index >= 15 is 0 Å². The number of ether oxygens (including phenoxy) is 2. The van der Waals surface area contributed by atoms with Gasteiger partial charge in [-0.1, -0.05) is 32.0 Å². The van der Waals surface area contributed by atoms with E-state index in [1.54, 1.807) is 0 Å². The maximum absolute atomic E-state index is 6.04. The lowest BCUT2D eigenvalue weighted by Crippen LogP contribution is -2.30. The van der Waals surface area contributed by atoms with E-state index in [-0.39, 0.29) is 6.04 Å². The SMILES string of the molecule is CCN(CC)CCOc1ccc2c(c1)CCNC2c1cccc(OCCN(C)C)c1. The summed E-state index contributed by atoms with van der Waals surface area (Å²) in [6.07, 6.45) is 1.03. The van der Waals surface area contributed by atoms with E-state index in [1.165, 1.54) is 16.7 Å². The van der Waals surface area contributed by atoms with Crippen LogP contribution in [0, 0.1) is 0 Å². The summed E-state index contributed by atoms with van der Waals surface area (Å²) < 4.78 is 12.0. The fourth-order valence-corrected chi connectivity index (χ4v) is 3.89. The number of rotatable bonds is 11. The van der Waals surface area contributed by atoms with Crippen molar-refractivity contribution in [2.24, 2.45) is 0 Å². The van der Waals surface area contributed by atoms with Gasteiger partial charge in [0.05, 0.1) is 6.04 Å². The molecule has 1 aliphatic heterocycles. The van der Waals surface area contributed by atoms with Gasteiger partial charge in [0.25, 0.3) is 0 Å². The first-order chi connectivity index (χ1) is 14.6. The zero-order valence-electron chi connectivity index (χ0n) is 19.0. The molecule has 5 heteroatoms. The topological polar surface area (TPSA) is 37.0 Å². The second-order valence-corrected chi connectivity index (χ2v) is 8.10. The number of fused-ring (bicyclic) bond motifs is 1. The highest BCUT2D eigenvalue weighted by molar-refractivity contribution is 5.45. The molecular formula is C25H37N3O2. The molecule has 0 aromatic heterocycles. The Morgan fingerprint density at radius 1 is 0.933 bits per heavy atom. The Morgan fingerprint density at radius 3 is 2.40 bits per heavy atom. The molecule has 2 aromatic carbocycles. The van der Waals surface area contributed by atoms with Crippen LogP contribution < -0.4 is 14.8 Å². The Bertz CT molecular complexity index is 790. The Kier molecular flexibility index (Phi) is 8.55. The van der Waals surface area contributed by atoms with E-state index in [9.17, 15) is 0 Å². The molecule has 0 spiro atoms. The van der Waals surface area contributed by atoms with E-state index in [0.29, 0.717) is 6.61 Å². The van der Waals surface area contributed by atoms with Crippen molar-refractivity contribution in [3.63, 3.8) is 0 Å². The summed E-state index contributed by atoms with van der Waals surface area (Å²) in [6, 6.07) is 15.2. The summed E-state index contributed by atoms with van der Waals surface area (Å²) in [5, 5.41) is 3.67. The van der Waals surface area contributed by atoms with E-state index in [4.69, 9.17) is 9.47 Å². The van der Waals surface area contributed by atoms with Crippen molar-refractivity contribution in [1.82, 2.24) is 15.1 Å². The van der Waals surface area contributed by atoms with Crippen LogP contribution in [-0.4, -0.2) is 69.8 Å². The molecule has 0 aliphatic carbocycles. The molecule has 1 heterocycles. The van der Waals surface area contributed by atoms with Crippen LogP contribution in [0.4, 0.5) is 0 Å². The zero-order chi connectivity index (χ0) is 21.3. The first-order valence-corrected chi connectivity index (χ1v) is 11.2. The Morgan fingerprint density at radius 2 is 1.67 bits per heavy atom. The van der Waals surface area contributed by atoms with Gasteiger partial charge in [0.1, 0.15) is 24.7 Å². The van der Waals surface area contributed by atoms with E-state index in [1.807, 2.05) is 6.07 Å². The lowest BCUT2D eigenvalue weighted by Gasteiger charge is -2.28. The average molecular weight is 412 g/mol. The van der Waals surface area contributed by atoms with Gasteiger partial charge in [-0.15, -0.1) is 0 Å². The number of nitrogens with one attached hydrogen (secondary N) is 1. The van der Waals surface area contributed by atoms with Crippen molar-refractivity contribution in [1.29, 1.82) is 0 Å². The van der Waals surface area contributed by atoms with Crippen LogP contribution in [0.3, 0.4) is 0 Å². The summed E-state index contributed by atoms with van der Waals surface area (Å²) in [7, 11) is 4.12. The molecule has 5 nitrogen and oxygen atoms in total. The smallest absolute Gasteiger partial charge is 0.119 e. The molecule has 1 unspecified atom stereocenters. The van der Waals surface area contributed by atoms with Gasteiger partial charge >= 0.3 is 0 Å². The highest BCUT2D eigenvalue weighted by atomic mass is 16.5. The number of hydrogen-bond acceptors (Lipinski definition) is 5. The van der Waals surface area contributed by atoms with Gasteiger partial charge in [-0.25, -0.2) is 0 Å².